The van der Waals surface area contributed by atoms with Gasteiger partial charge in [0.25, 0.3) is 11.6 Å². The first-order valence-corrected chi connectivity index (χ1v) is 11.3. The molecular formula is C19H27N5O6S. The van der Waals surface area contributed by atoms with Crippen molar-refractivity contribution in [2.45, 2.75) is 44.6 Å². The Hall–Kier alpha value is -2.99. The summed E-state index contributed by atoms with van der Waals surface area (Å²) in [5.74, 6) is -0.310. The number of aromatic nitrogens is 2. The number of amides is 1. The fraction of sp³-hybridized carbons (Fsp3) is 0.474. The van der Waals surface area contributed by atoms with Crippen LogP contribution in [0.5, 0.6) is 11.6 Å². The minimum absolute atomic E-state index is 0.113. The molecule has 0 radical (unpaired) electrons. The van der Waals surface area contributed by atoms with E-state index < -0.39 is 14.9 Å². The minimum atomic E-state index is -4.11. The molecule has 1 N–H and O–H groups in total. The van der Waals surface area contributed by atoms with Gasteiger partial charge in [0.05, 0.1) is 4.92 Å². The number of hydrogen-bond acceptors (Lipinski definition) is 7. The molecule has 1 amide bonds. The molecule has 0 aliphatic carbocycles. The van der Waals surface area contributed by atoms with Crippen molar-refractivity contribution < 1.29 is 22.9 Å². The van der Waals surface area contributed by atoms with Gasteiger partial charge in [0.1, 0.15) is 10.6 Å². The van der Waals surface area contributed by atoms with Crippen LogP contribution in [0, 0.1) is 10.1 Å². The van der Waals surface area contributed by atoms with E-state index in [4.69, 9.17) is 4.74 Å². The third kappa shape index (κ3) is 5.79. The number of nitro groups is 1. The number of non-ortho nitro benzene ring substituents is 1. The molecule has 1 aromatic heterocycles. The second kappa shape index (κ2) is 9.88. The molecule has 12 heteroatoms. The molecule has 1 heterocycles. The van der Waals surface area contributed by atoms with Crippen LogP contribution >= 0.6 is 0 Å². The van der Waals surface area contributed by atoms with Gasteiger partial charge in [-0.1, -0.05) is 13.8 Å². The Labute approximate surface area is 181 Å². The van der Waals surface area contributed by atoms with Crippen molar-refractivity contribution in [2.24, 2.45) is 7.05 Å². The summed E-state index contributed by atoms with van der Waals surface area (Å²) in [5.41, 5.74) is -0.253. The first-order chi connectivity index (χ1) is 14.5. The lowest BCUT2D eigenvalue weighted by Crippen LogP contribution is -2.32. The SMILES string of the molecule is CCCN(C)C(=O)c1cc(Oc2ccc([N+](=O)[O-])cc2S(=O)(=O)NC(C)CC)n(C)n1. The third-order valence-corrected chi connectivity index (χ3v) is 6.18. The van der Waals surface area contributed by atoms with E-state index in [2.05, 4.69) is 9.82 Å². The summed E-state index contributed by atoms with van der Waals surface area (Å²) in [6.45, 7) is 5.99. The number of carbonyl (C=O) groups is 1. The van der Waals surface area contributed by atoms with Crippen molar-refractivity contribution >= 4 is 21.6 Å². The fourth-order valence-corrected chi connectivity index (χ4v) is 4.19. The molecule has 0 spiro atoms. The van der Waals surface area contributed by atoms with E-state index in [0.717, 1.165) is 18.6 Å². The average molecular weight is 454 g/mol. The van der Waals surface area contributed by atoms with Crippen molar-refractivity contribution in [3.8, 4) is 11.6 Å². The Balaban J connectivity index is 2.46. The standard InChI is InChI=1S/C19H27N5O6S/c1-6-10-22(4)19(25)15-12-18(23(5)20-15)30-16-9-8-14(24(26)27)11-17(16)31(28,29)21-13(3)7-2/h8-9,11-13,21H,6-7,10H2,1-5H3. The van der Waals surface area contributed by atoms with Crippen molar-refractivity contribution in [3.63, 3.8) is 0 Å². The molecule has 0 fully saturated rings. The molecule has 1 unspecified atom stereocenters. The molecule has 0 saturated heterocycles. The summed E-state index contributed by atoms with van der Waals surface area (Å²) < 4.78 is 35.2. The van der Waals surface area contributed by atoms with Crippen LogP contribution in [0.25, 0.3) is 0 Å². The van der Waals surface area contributed by atoms with Crippen LogP contribution in [-0.4, -0.2) is 53.6 Å². The summed E-state index contributed by atoms with van der Waals surface area (Å²) in [7, 11) is -0.906. The molecule has 1 aromatic carbocycles. The molecule has 2 rings (SSSR count). The second-order valence-corrected chi connectivity index (χ2v) is 8.82. The zero-order valence-electron chi connectivity index (χ0n) is 18.2. The number of aryl methyl sites for hydroxylation is 1. The van der Waals surface area contributed by atoms with Gasteiger partial charge in [0.15, 0.2) is 5.69 Å². The first kappa shape index (κ1) is 24.3. The molecule has 0 aliphatic heterocycles. The Kier molecular flexibility index (Phi) is 7.74. The average Bonchev–Trinajstić information content (AvgIpc) is 3.07. The van der Waals surface area contributed by atoms with E-state index in [1.165, 1.54) is 21.7 Å². The summed E-state index contributed by atoms with van der Waals surface area (Å²) in [6.07, 6.45) is 1.31. The lowest BCUT2D eigenvalue weighted by atomic mass is 10.3. The van der Waals surface area contributed by atoms with Gasteiger partial charge in [-0.15, -0.1) is 0 Å². The minimum Gasteiger partial charge on any atom is -0.438 e. The van der Waals surface area contributed by atoms with E-state index in [1.54, 1.807) is 21.0 Å². The van der Waals surface area contributed by atoms with Crippen molar-refractivity contribution in [1.82, 2.24) is 19.4 Å². The van der Waals surface area contributed by atoms with Crippen LogP contribution < -0.4 is 9.46 Å². The van der Waals surface area contributed by atoms with Crippen molar-refractivity contribution in [1.29, 1.82) is 0 Å². The maximum atomic E-state index is 12.9. The smallest absolute Gasteiger partial charge is 0.274 e. The van der Waals surface area contributed by atoms with Crippen LogP contribution in [0.4, 0.5) is 5.69 Å². The number of benzene rings is 1. The highest BCUT2D eigenvalue weighted by Crippen LogP contribution is 2.32. The quantitative estimate of drug-likeness (QED) is 0.431. The number of nitrogens with zero attached hydrogens (tertiary/aromatic N) is 4. The molecule has 31 heavy (non-hydrogen) atoms. The molecule has 0 saturated carbocycles. The maximum absolute atomic E-state index is 12.9. The normalized spacial score (nSPS) is 12.4. The van der Waals surface area contributed by atoms with Crippen LogP contribution in [0.3, 0.4) is 0 Å². The molecule has 11 nitrogen and oxygen atoms in total. The van der Waals surface area contributed by atoms with Gasteiger partial charge in [0.2, 0.25) is 15.9 Å². The highest BCUT2D eigenvalue weighted by molar-refractivity contribution is 7.89. The topological polar surface area (TPSA) is 137 Å². The molecule has 0 aliphatic rings. The monoisotopic (exact) mass is 453 g/mol. The summed E-state index contributed by atoms with van der Waals surface area (Å²) >= 11 is 0. The molecule has 0 bridgehead atoms. The van der Waals surface area contributed by atoms with Gasteiger partial charge < -0.3 is 9.64 Å². The van der Waals surface area contributed by atoms with Crippen LogP contribution in [-0.2, 0) is 17.1 Å². The van der Waals surface area contributed by atoms with Gasteiger partial charge in [0, 0.05) is 44.9 Å². The first-order valence-electron chi connectivity index (χ1n) is 9.78. The van der Waals surface area contributed by atoms with Gasteiger partial charge in [-0.25, -0.2) is 17.8 Å². The molecule has 170 valence electrons. The fourth-order valence-electron chi connectivity index (χ4n) is 2.71. The summed E-state index contributed by atoms with van der Waals surface area (Å²) in [6, 6.07) is 4.31. The number of nitro benzene ring substituents is 1. The number of rotatable bonds is 10. The van der Waals surface area contributed by atoms with Gasteiger partial charge >= 0.3 is 0 Å². The molecule has 2 aromatic rings. The van der Waals surface area contributed by atoms with Crippen LogP contribution in [0.15, 0.2) is 29.2 Å². The zero-order chi connectivity index (χ0) is 23.3. The van der Waals surface area contributed by atoms with E-state index in [1.807, 2.05) is 13.8 Å². The van der Waals surface area contributed by atoms with Gasteiger partial charge in [-0.2, -0.15) is 5.10 Å². The number of hydrogen-bond donors (Lipinski definition) is 1. The van der Waals surface area contributed by atoms with Crippen LogP contribution in [0.2, 0.25) is 0 Å². The van der Waals surface area contributed by atoms with Crippen molar-refractivity contribution in [3.05, 3.63) is 40.1 Å². The van der Waals surface area contributed by atoms with Crippen molar-refractivity contribution in [2.75, 3.05) is 13.6 Å². The van der Waals surface area contributed by atoms with Gasteiger partial charge in [-0.3, -0.25) is 14.9 Å². The lowest BCUT2D eigenvalue weighted by Gasteiger charge is -2.15. The largest absolute Gasteiger partial charge is 0.438 e. The lowest BCUT2D eigenvalue weighted by molar-refractivity contribution is -0.385. The Bertz CT molecular complexity index is 1070. The van der Waals surface area contributed by atoms with E-state index in [9.17, 15) is 23.3 Å². The summed E-state index contributed by atoms with van der Waals surface area (Å²) in [5, 5.41) is 15.3. The zero-order valence-corrected chi connectivity index (χ0v) is 19.0. The van der Waals surface area contributed by atoms with Gasteiger partial charge in [-0.05, 0) is 25.8 Å². The number of sulfonamides is 1. The Morgan fingerprint density at radius 2 is 2.03 bits per heavy atom. The Morgan fingerprint density at radius 1 is 1.35 bits per heavy atom. The van der Waals surface area contributed by atoms with E-state index in [0.29, 0.717) is 13.0 Å². The van der Waals surface area contributed by atoms with E-state index >= 15 is 0 Å². The second-order valence-electron chi connectivity index (χ2n) is 7.14. The molecular weight excluding hydrogens is 426 g/mol. The van der Waals surface area contributed by atoms with E-state index in [-0.39, 0.29) is 39.9 Å². The Morgan fingerprint density at radius 3 is 2.61 bits per heavy atom. The summed E-state index contributed by atoms with van der Waals surface area (Å²) in [4.78, 5) is 24.1. The predicted molar refractivity (Wildman–Crippen MR) is 114 cm³/mol. The maximum Gasteiger partial charge on any atom is 0.274 e. The number of nitrogens with one attached hydrogen (secondary N) is 1. The number of ether oxygens (including phenoxy) is 1. The highest BCUT2D eigenvalue weighted by atomic mass is 32.2. The number of carbonyl (C=O) groups excluding carboxylic acids is 1. The third-order valence-electron chi connectivity index (χ3n) is 4.57. The predicted octanol–water partition coefficient (Wildman–Crippen LogP) is 2.68. The highest BCUT2D eigenvalue weighted by Gasteiger charge is 2.26. The van der Waals surface area contributed by atoms with Crippen LogP contribution in [0.1, 0.15) is 44.1 Å². The molecule has 1 atom stereocenters.